The molecule has 2 N–H and O–H groups in total. The molecule has 0 spiro atoms. The molecule has 0 aliphatic heterocycles. The normalized spacial score (nSPS) is 13.5. The van der Waals surface area contributed by atoms with E-state index in [9.17, 15) is 13.2 Å². The van der Waals surface area contributed by atoms with Crippen molar-refractivity contribution < 1.29 is 18.3 Å². The lowest BCUT2D eigenvalue weighted by molar-refractivity contribution is -0.140. The maximum atomic E-state index is 12.2. The van der Waals surface area contributed by atoms with Crippen LogP contribution in [0.25, 0.3) is 0 Å². The number of nitrogens with one attached hydrogen (secondary N) is 1. The second-order valence-electron chi connectivity index (χ2n) is 4.62. The van der Waals surface area contributed by atoms with Crippen molar-refractivity contribution in [3.05, 3.63) is 28.8 Å². The number of rotatable bonds is 5. The van der Waals surface area contributed by atoms with E-state index in [1.54, 1.807) is 26.8 Å². The fraction of sp³-hybridized carbons (Fsp3) is 0.417. The van der Waals surface area contributed by atoms with E-state index in [0.717, 1.165) is 5.56 Å². The fourth-order valence-corrected chi connectivity index (χ4v) is 3.44. The maximum absolute atomic E-state index is 12.2. The van der Waals surface area contributed by atoms with Gasteiger partial charge < -0.3 is 5.11 Å². The Labute approximate surface area is 117 Å². The number of halogens is 1. The summed E-state index contributed by atoms with van der Waals surface area (Å²) in [6, 6.07) is 3.36. The van der Waals surface area contributed by atoms with Gasteiger partial charge in [-0.1, -0.05) is 31.5 Å². The van der Waals surface area contributed by atoms with Gasteiger partial charge in [-0.3, -0.25) is 4.79 Å². The monoisotopic (exact) mass is 305 g/mol. The lowest BCUT2D eigenvalue weighted by Gasteiger charge is -2.18. The highest BCUT2D eigenvalue weighted by Crippen LogP contribution is 2.23. The predicted molar refractivity (Wildman–Crippen MR) is 72.8 cm³/mol. The van der Waals surface area contributed by atoms with E-state index < -0.39 is 22.0 Å². The SMILES string of the molecule is Cc1ccc(Cl)c(S(=O)(=O)N[C@@H](C(=O)O)C(C)C)c1. The van der Waals surface area contributed by atoms with Crippen LogP contribution < -0.4 is 4.72 Å². The first-order chi connectivity index (χ1) is 8.65. The molecule has 0 amide bonds. The van der Waals surface area contributed by atoms with Gasteiger partial charge in [-0.05, 0) is 30.5 Å². The summed E-state index contributed by atoms with van der Waals surface area (Å²) in [5, 5.41) is 9.08. The minimum absolute atomic E-state index is 0.0611. The van der Waals surface area contributed by atoms with Gasteiger partial charge in [-0.15, -0.1) is 0 Å². The minimum Gasteiger partial charge on any atom is -0.480 e. The zero-order valence-electron chi connectivity index (χ0n) is 10.8. The fourth-order valence-electron chi connectivity index (χ4n) is 1.52. The number of aliphatic carboxylic acids is 1. The molecule has 7 heteroatoms. The van der Waals surface area contributed by atoms with Gasteiger partial charge in [0.2, 0.25) is 10.0 Å². The number of hydrogen-bond acceptors (Lipinski definition) is 3. The topological polar surface area (TPSA) is 83.5 Å². The van der Waals surface area contributed by atoms with Crippen LogP contribution in [0.5, 0.6) is 0 Å². The first-order valence-corrected chi connectivity index (χ1v) is 7.52. The summed E-state index contributed by atoms with van der Waals surface area (Å²) in [5.74, 6) is -1.60. The third-order valence-electron chi connectivity index (χ3n) is 2.59. The summed E-state index contributed by atoms with van der Waals surface area (Å²) in [5.41, 5.74) is 0.723. The van der Waals surface area contributed by atoms with Crippen LogP contribution in [-0.4, -0.2) is 25.5 Å². The minimum atomic E-state index is -3.97. The Morgan fingerprint density at radius 1 is 1.37 bits per heavy atom. The van der Waals surface area contributed by atoms with Gasteiger partial charge in [0.05, 0.1) is 5.02 Å². The number of carboxylic acid groups (broad SMARTS) is 1. The highest BCUT2D eigenvalue weighted by Gasteiger charge is 2.29. The van der Waals surface area contributed by atoms with Crippen molar-refractivity contribution in [2.45, 2.75) is 31.7 Å². The molecule has 19 heavy (non-hydrogen) atoms. The maximum Gasteiger partial charge on any atom is 0.322 e. The molecule has 1 aromatic rings. The smallest absolute Gasteiger partial charge is 0.322 e. The number of hydrogen-bond donors (Lipinski definition) is 2. The number of aryl methyl sites for hydroxylation is 1. The standard InChI is InChI=1S/C12H16ClNO4S/c1-7(2)11(12(15)16)14-19(17,18)10-6-8(3)4-5-9(10)13/h4-7,11,14H,1-3H3,(H,15,16)/t11-/m1/s1. The molecule has 1 aromatic carbocycles. The molecule has 0 saturated carbocycles. The Kier molecular flexibility index (Phi) is 4.95. The summed E-state index contributed by atoms with van der Waals surface area (Å²) < 4.78 is 26.5. The second-order valence-corrected chi connectivity index (χ2v) is 6.70. The van der Waals surface area contributed by atoms with Gasteiger partial charge in [0, 0.05) is 0 Å². The van der Waals surface area contributed by atoms with E-state index in [2.05, 4.69) is 4.72 Å². The molecule has 5 nitrogen and oxygen atoms in total. The van der Waals surface area contributed by atoms with Gasteiger partial charge in [0.15, 0.2) is 0 Å². The van der Waals surface area contributed by atoms with Crippen molar-refractivity contribution in [1.29, 1.82) is 0 Å². The van der Waals surface area contributed by atoms with Crippen molar-refractivity contribution in [2.75, 3.05) is 0 Å². The van der Waals surface area contributed by atoms with Crippen LogP contribution in [0.15, 0.2) is 23.1 Å². The molecule has 1 atom stereocenters. The Hall–Kier alpha value is -1.11. The van der Waals surface area contributed by atoms with Crippen LogP contribution >= 0.6 is 11.6 Å². The Morgan fingerprint density at radius 2 is 1.95 bits per heavy atom. The Bertz CT molecular complexity index is 583. The van der Waals surface area contributed by atoms with Crippen molar-refractivity contribution in [3.8, 4) is 0 Å². The van der Waals surface area contributed by atoms with E-state index in [-0.39, 0.29) is 15.8 Å². The van der Waals surface area contributed by atoms with Crippen LogP contribution in [0.3, 0.4) is 0 Å². The van der Waals surface area contributed by atoms with Crippen LogP contribution in [0.2, 0.25) is 5.02 Å². The summed E-state index contributed by atoms with van der Waals surface area (Å²) >= 11 is 5.86. The molecule has 0 fully saturated rings. The van der Waals surface area contributed by atoms with Gasteiger partial charge in [-0.2, -0.15) is 4.72 Å². The highest BCUT2D eigenvalue weighted by atomic mass is 35.5. The van der Waals surface area contributed by atoms with Crippen LogP contribution in [0.1, 0.15) is 19.4 Å². The number of carbonyl (C=O) groups is 1. The quantitative estimate of drug-likeness (QED) is 0.872. The molecule has 0 aliphatic carbocycles. The average molecular weight is 306 g/mol. The number of carboxylic acids is 1. The second kappa shape index (κ2) is 5.90. The van der Waals surface area contributed by atoms with E-state index in [1.807, 2.05) is 0 Å². The molecule has 0 unspecified atom stereocenters. The van der Waals surface area contributed by atoms with E-state index in [4.69, 9.17) is 16.7 Å². The van der Waals surface area contributed by atoms with Gasteiger partial charge in [0.25, 0.3) is 0 Å². The molecule has 0 radical (unpaired) electrons. The van der Waals surface area contributed by atoms with E-state index >= 15 is 0 Å². The Morgan fingerprint density at radius 3 is 2.42 bits per heavy atom. The molecule has 0 aliphatic rings. The summed E-state index contributed by atoms with van der Waals surface area (Å²) in [6.45, 7) is 4.98. The number of benzene rings is 1. The Balaban J connectivity index is 3.17. The van der Waals surface area contributed by atoms with Crippen molar-refractivity contribution in [2.24, 2.45) is 5.92 Å². The molecular formula is C12H16ClNO4S. The molecule has 0 saturated heterocycles. The third kappa shape index (κ3) is 3.92. The van der Waals surface area contributed by atoms with Crippen LogP contribution in [0, 0.1) is 12.8 Å². The largest absolute Gasteiger partial charge is 0.480 e. The lowest BCUT2D eigenvalue weighted by atomic mass is 10.1. The summed E-state index contributed by atoms with van der Waals surface area (Å²) in [7, 11) is -3.97. The average Bonchev–Trinajstić information content (AvgIpc) is 2.28. The highest BCUT2D eigenvalue weighted by molar-refractivity contribution is 7.89. The summed E-state index contributed by atoms with van der Waals surface area (Å²) in [4.78, 5) is 10.9. The molecule has 106 valence electrons. The van der Waals surface area contributed by atoms with Gasteiger partial charge in [0.1, 0.15) is 10.9 Å². The molecule has 0 heterocycles. The van der Waals surface area contributed by atoms with Crippen molar-refractivity contribution in [3.63, 3.8) is 0 Å². The third-order valence-corrected chi connectivity index (χ3v) is 4.51. The molecule has 0 aromatic heterocycles. The van der Waals surface area contributed by atoms with Gasteiger partial charge in [-0.25, -0.2) is 8.42 Å². The molecule has 0 bridgehead atoms. The van der Waals surface area contributed by atoms with E-state index in [0.29, 0.717) is 0 Å². The summed E-state index contributed by atoms with van der Waals surface area (Å²) in [6.07, 6.45) is 0. The zero-order valence-corrected chi connectivity index (χ0v) is 12.4. The lowest BCUT2D eigenvalue weighted by Crippen LogP contribution is -2.44. The predicted octanol–water partition coefficient (Wildman–Crippen LogP) is 2.04. The molecular weight excluding hydrogens is 290 g/mol. The first kappa shape index (κ1) is 15.9. The first-order valence-electron chi connectivity index (χ1n) is 5.66. The van der Waals surface area contributed by atoms with Crippen molar-refractivity contribution >= 4 is 27.6 Å². The number of sulfonamides is 1. The molecule has 1 rings (SSSR count). The van der Waals surface area contributed by atoms with Crippen LogP contribution in [0.4, 0.5) is 0 Å². The van der Waals surface area contributed by atoms with Gasteiger partial charge >= 0.3 is 5.97 Å². The van der Waals surface area contributed by atoms with Crippen LogP contribution in [-0.2, 0) is 14.8 Å². The van der Waals surface area contributed by atoms with E-state index in [1.165, 1.54) is 12.1 Å². The van der Waals surface area contributed by atoms with Crippen molar-refractivity contribution in [1.82, 2.24) is 4.72 Å². The zero-order chi connectivity index (χ0) is 14.8.